The Balaban J connectivity index is 1.64. The van der Waals surface area contributed by atoms with Gasteiger partial charge in [0.05, 0.1) is 18.7 Å². The number of nitrogens with zero attached hydrogens (tertiary/aromatic N) is 4. The van der Waals surface area contributed by atoms with Crippen LogP contribution in [-0.4, -0.2) is 66.9 Å². The molecule has 1 aliphatic rings. The minimum atomic E-state index is -1.89. The van der Waals surface area contributed by atoms with Gasteiger partial charge < -0.3 is 29.6 Å². The Morgan fingerprint density at radius 1 is 1.17 bits per heavy atom. The molecule has 12 heteroatoms. The lowest BCUT2D eigenvalue weighted by Crippen LogP contribution is -2.36. The predicted molar refractivity (Wildman–Crippen MR) is 130 cm³/mol. The molecule has 0 spiro atoms. The maximum absolute atomic E-state index is 13.4. The molecule has 3 aromatic rings. The van der Waals surface area contributed by atoms with Gasteiger partial charge >= 0.3 is 0 Å². The number of hydrogen-bond donors (Lipinski definition) is 4. The summed E-state index contributed by atoms with van der Waals surface area (Å²) in [6.45, 7) is 0.933. The summed E-state index contributed by atoms with van der Waals surface area (Å²) in [7, 11) is -0.401. The number of carbonyl (C=O) groups excluding carboxylic acids is 1. The highest BCUT2D eigenvalue weighted by Gasteiger charge is 2.25. The first kappa shape index (κ1) is 24.8. The van der Waals surface area contributed by atoms with E-state index in [1.807, 2.05) is 4.90 Å². The van der Waals surface area contributed by atoms with Crippen LogP contribution >= 0.6 is 8.38 Å². The SMILES string of the molecule is COc1cc2cnn(CC(=O)c3ccc(O)c(O)c3)c(=O)c2c(N2CCC(CCP(O)O)CC2)n1. The van der Waals surface area contributed by atoms with Crippen molar-refractivity contribution in [2.45, 2.75) is 25.8 Å². The maximum atomic E-state index is 13.4. The molecule has 1 aromatic carbocycles. The van der Waals surface area contributed by atoms with E-state index in [0.717, 1.165) is 30.0 Å². The van der Waals surface area contributed by atoms with Crippen LogP contribution in [0.2, 0.25) is 0 Å². The van der Waals surface area contributed by atoms with Gasteiger partial charge in [-0.25, -0.2) is 4.68 Å². The maximum Gasteiger partial charge on any atom is 0.278 e. The lowest BCUT2D eigenvalue weighted by atomic mass is 9.94. The fourth-order valence-corrected chi connectivity index (χ4v) is 4.86. The summed E-state index contributed by atoms with van der Waals surface area (Å²) < 4.78 is 6.39. The molecule has 35 heavy (non-hydrogen) atoms. The highest BCUT2D eigenvalue weighted by atomic mass is 31.2. The van der Waals surface area contributed by atoms with Crippen LogP contribution in [-0.2, 0) is 6.54 Å². The molecule has 2 aromatic heterocycles. The number of phenolic OH excluding ortho intramolecular Hbond substituents is 2. The molecule has 0 amide bonds. The second-order valence-electron chi connectivity index (χ2n) is 8.50. The molecule has 0 unspecified atom stereocenters. The number of ether oxygens (including phenoxy) is 1. The zero-order valence-electron chi connectivity index (χ0n) is 19.2. The van der Waals surface area contributed by atoms with Crippen molar-refractivity contribution in [1.29, 1.82) is 0 Å². The Hall–Kier alpha value is -3.27. The summed E-state index contributed by atoms with van der Waals surface area (Å²) in [4.78, 5) is 51.1. The molecule has 1 aliphatic heterocycles. The standard InChI is InChI=1S/C23H27N4O7P/c1-34-20-11-16-12-24-27(13-19(30)15-2-3-17(28)18(29)10-15)23(31)21(16)22(25-20)26-7-4-14(5-8-26)6-9-35(32)33/h2-3,10-12,14,28-29,32-33H,4-9,13H2,1H3. The van der Waals surface area contributed by atoms with Gasteiger partial charge in [-0.2, -0.15) is 10.1 Å². The van der Waals surface area contributed by atoms with Crippen LogP contribution < -0.4 is 15.2 Å². The average Bonchev–Trinajstić information content (AvgIpc) is 2.85. The van der Waals surface area contributed by atoms with E-state index >= 15 is 0 Å². The number of rotatable bonds is 8. The number of aromatic nitrogens is 3. The highest BCUT2D eigenvalue weighted by Crippen LogP contribution is 2.33. The number of aromatic hydroxyl groups is 2. The number of phenols is 2. The van der Waals surface area contributed by atoms with Gasteiger partial charge in [-0.15, -0.1) is 0 Å². The number of benzene rings is 1. The Kier molecular flexibility index (Phi) is 7.49. The molecule has 0 aliphatic carbocycles. The monoisotopic (exact) mass is 502 g/mol. The van der Waals surface area contributed by atoms with Crippen LogP contribution in [0.5, 0.6) is 17.4 Å². The second kappa shape index (κ2) is 10.6. The molecule has 0 atom stereocenters. The number of piperidine rings is 1. The summed E-state index contributed by atoms with van der Waals surface area (Å²) in [5, 5.41) is 24.2. The van der Waals surface area contributed by atoms with E-state index in [-0.39, 0.29) is 17.9 Å². The summed E-state index contributed by atoms with van der Waals surface area (Å²) in [5.41, 5.74) is -0.337. The first-order valence-electron chi connectivity index (χ1n) is 11.2. The van der Waals surface area contributed by atoms with E-state index in [1.165, 1.54) is 25.4 Å². The normalized spacial score (nSPS) is 14.6. The molecule has 0 saturated carbocycles. The Morgan fingerprint density at radius 3 is 2.57 bits per heavy atom. The van der Waals surface area contributed by atoms with Crippen molar-refractivity contribution in [3.63, 3.8) is 0 Å². The van der Waals surface area contributed by atoms with Crippen LogP contribution in [0.3, 0.4) is 0 Å². The van der Waals surface area contributed by atoms with Crippen molar-refractivity contribution < 1.29 is 29.5 Å². The van der Waals surface area contributed by atoms with Crippen LogP contribution in [0.15, 0.2) is 35.3 Å². The number of hydrogen-bond acceptors (Lipinski definition) is 10. The third kappa shape index (κ3) is 5.53. The number of ketones is 1. The van der Waals surface area contributed by atoms with E-state index in [4.69, 9.17) is 4.74 Å². The Labute approximate surface area is 202 Å². The van der Waals surface area contributed by atoms with Gasteiger partial charge in [0.25, 0.3) is 5.56 Å². The summed E-state index contributed by atoms with van der Waals surface area (Å²) in [6, 6.07) is 5.33. The van der Waals surface area contributed by atoms with Crippen molar-refractivity contribution in [2.24, 2.45) is 5.92 Å². The van der Waals surface area contributed by atoms with Gasteiger partial charge in [0.2, 0.25) is 5.88 Å². The highest BCUT2D eigenvalue weighted by molar-refractivity contribution is 7.45. The van der Waals surface area contributed by atoms with Gasteiger partial charge in [-0.05, 0) is 43.4 Å². The predicted octanol–water partition coefficient (Wildman–Crippen LogP) is 2.00. The van der Waals surface area contributed by atoms with E-state index < -0.39 is 25.5 Å². The largest absolute Gasteiger partial charge is 0.504 e. The smallest absolute Gasteiger partial charge is 0.278 e. The van der Waals surface area contributed by atoms with Crippen molar-refractivity contribution in [3.05, 3.63) is 46.4 Å². The summed E-state index contributed by atoms with van der Waals surface area (Å²) in [6.07, 6.45) is 4.27. The first-order chi connectivity index (χ1) is 16.8. The van der Waals surface area contributed by atoms with Crippen LogP contribution in [0.25, 0.3) is 10.8 Å². The topological polar surface area (TPSA) is 158 Å². The van der Waals surface area contributed by atoms with Gasteiger partial charge in [-0.3, -0.25) is 9.59 Å². The van der Waals surface area contributed by atoms with Crippen molar-refractivity contribution in [2.75, 3.05) is 31.3 Å². The Bertz CT molecular complexity index is 1290. The van der Waals surface area contributed by atoms with E-state index in [1.54, 1.807) is 6.07 Å². The molecule has 4 rings (SSSR count). The molecule has 0 radical (unpaired) electrons. The van der Waals surface area contributed by atoms with Crippen molar-refractivity contribution in [1.82, 2.24) is 14.8 Å². The third-order valence-electron chi connectivity index (χ3n) is 6.24. The zero-order chi connectivity index (χ0) is 25.1. The number of anilines is 1. The fourth-order valence-electron chi connectivity index (χ4n) is 4.26. The number of pyridine rings is 1. The number of methoxy groups -OCH3 is 1. The molecule has 11 nitrogen and oxygen atoms in total. The molecule has 186 valence electrons. The summed E-state index contributed by atoms with van der Waals surface area (Å²) in [5.74, 6) is -0.0534. The third-order valence-corrected chi connectivity index (χ3v) is 6.90. The molecule has 0 bridgehead atoms. The van der Waals surface area contributed by atoms with Crippen LogP contribution in [0, 0.1) is 5.92 Å². The number of fused-ring (bicyclic) bond motifs is 1. The van der Waals surface area contributed by atoms with Crippen LogP contribution in [0.1, 0.15) is 29.6 Å². The summed E-state index contributed by atoms with van der Waals surface area (Å²) >= 11 is 0. The minimum Gasteiger partial charge on any atom is -0.504 e. The first-order valence-corrected chi connectivity index (χ1v) is 12.6. The van der Waals surface area contributed by atoms with Crippen LogP contribution in [0.4, 0.5) is 5.82 Å². The van der Waals surface area contributed by atoms with Gasteiger partial charge in [0.15, 0.2) is 25.7 Å². The van der Waals surface area contributed by atoms with E-state index in [0.29, 0.717) is 47.6 Å². The molecule has 3 heterocycles. The number of carbonyl (C=O) groups is 1. The molecule has 1 fully saturated rings. The second-order valence-corrected chi connectivity index (χ2v) is 9.69. The zero-order valence-corrected chi connectivity index (χ0v) is 20.1. The van der Waals surface area contributed by atoms with Crippen molar-refractivity contribution >= 4 is 30.7 Å². The molecule has 1 saturated heterocycles. The quantitative estimate of drug-likeness (QED) is 0.204. The lowest BCUT2D eigenvalue weighted by Gasteiger charge is -2.33. The molecule has 4 N–H and O–H groups in total. The van der Waals surface area contributed by atoms with E-state index in [9.17, 15) is 29.6 Å². The van der Waals surface area contributed by atoms with Gasteiger partial charge in [-0.1, -0.05) is 0 Å². The van der Waals surface area contributed by atoms with Gasteiger partial charge in [0.1, 0.15) is 12.4 Å². The molecular formula is C23H27N4O7P. The molecular weight excluding hydrogens is 475 g/mol. The van der Waals surface area contributed by atoms with Crippen molar-refractivity contribution in [3.8, 4) is 17.4 Å². The Morgan fingerprint density at radius 2 is 1.91 bits per heavy atom. The van der Waals surface area contributed by atoms with Gasteiger partial charge in [0, 0.05) is 36.3 Å². The minimum absolute atomic E-state index is 0.138. The lowest BCUT2D eigenvalue weighted by molar-refractivity contribution is 0.0965. The average molecular weight is 502 g/mol. The van der Waals surface area contributed by atoms with E-state index in [2.05, 4.69) is 10.1 Å². The fraction of sp³-hybridized carbons (Fsp3) is 0.391. The number of Topliss-reactive ketones (excluding diaryl/α,β-unsaturated/α-hetero) is 1.